The molecule has 0 aliphatic heterocycles. The van der Waals surface area contributed by atoms with Crippen LogP contribution in [0.5, 0.6) is 0 Å². The van der Waals surface area contributed by atoms with Gasteiger partial charge >= 0.3 is 0 Å². The molecule has 0 fully saturated rings. The Kier molecular flexibility index (Phi) is 8.40. The van der Waals surface area contributed by atoms with Gasteiger partial charge in [-0.2, -0.15) is 0 Å². The largest absolute Gasteiger partial charge is 0.376 e. The molecular formula is C27H30N4O3. The van der Waals surface area contributed by atoms with Gasteiger partial charge in [-0.1, -0.05) is 24.3 Å². The van der Waals surface area contributed by atoms with Crippen LogP contribution in [0.4, 0.5) is 17.1 Å². The van der Waals surface area contributed by atoms with E-state index >= 15 is 0 Å². The summed E-state index contributed by atoms with van der Waals surface area (Å²) < 4.78 is 0. The fraction of sp³-hybridized carbons (Fsp3) is 0.222. The van der Waals surface area contributed by atoms with Gasteiger partial charge in [-0.05, 0) is 75.4 Å². The normalized spacial score (nSPS) is 10.5. The summed E-state index contributed by atoms with van der Waals surface area (Å²) in [6.07, 6.45) is 0. The van der Waals surface area contributed by atoms with E-state index in [2.05, 4.69) is 16.0 Å². The Balaban J connectivity index is 1.56. The van der Waals surface area contributed by atoms with E-state index in [0.29, 0.717) is 23.4 Å². The summed E-state index contributed by atoms with van der Waals surface area (Å²) in [5, 5.41) is 8.67. The molecule has 0 radical (unpaired) electrons. The van der Waals surface area contributed by atoms with Gasteiger partial charge in [0.1, 0.15) is 0 Å². The number of carbonyl (C=O) groups excluding carboxylic acids is 3. The SMILES string of the molecule is CCN(C(=O)c1ccc(NCC(=O)Nc2cccc(C(=O)NC(C)C)c2)cc1)c1ccccc1. The molecule has 7 nitrogen and oxygen atoms in total. The molecule has 0 saturated heterocycles. The third-order valence-corrected chi connectivity index (χ3v) is 5.04. The third kappa shape index (κ3) is 6.68. The molecule has 7 heteroatoms. The maximum Gasteiger partial charge on any atom is 0.258 e. The number of anilines is 3. The number of carbonyl (C=O) groups is 3. The van der Waals surface area contributed by atoms with Crippen molar-refractivity contribution in [3.63, 3.8) is 0 Å². The van der Waals surface area contributed by atoms with E-state index in [9.17, 15) is 14.4 Å². The van der Waals surface area contributed by atoms with Crippen molar-refractivity contribution >= 4 is 34.8 Å². The van der Waals surface area contributed by atoms with Crippen molar-refractivity contribution < 1.29 is 14.4 Å². The second-order valence-electron chi connectivity index (χ2n) is 8.07. The Morgan fingerprint density at radius 1 is 0.824 bits per heavy atom. The Morgan fingerprint density at radius 3 is 2.18 bits per heavy atom. The summed E-state index contributed by atoms with van der Waals surface area (Å²) in [6, 6.07) is 23.4. The fourth-order valence-corrected chi connectivity index (χ4v) is 3.41. The van der Waals surface area contributed by atoms with Gasteiger partial charge in [0.2, 0.25) is 5.91 Å². The van der Waals surface area contributed by atoms with Crippen molar-refractivity contribution in [2.75, 3.05) is 28.6 Å². The molecule has 0 saturated carbocycles. The van der Waals surface area contributed by atoms with Crippen LogP contribution in [0.25, 0.3) is 0 Å². The number of rotatable bonds is 9. The Labute approximate surface area is 200 Å². The first-order chi connectivity index (χ1) is 16.4. The van der Waals surface area contributed by atoms with Gasteiger partial charge in [0, 0.05) is 40.8 Å². The zero-order valence-electron chi connectivity index (χ0n) is 19.7. The van der Waals surface area contributed by atoms with Crippen LogP contribution in [0.3, 0.4) is 0 Å². The van der Waals surface area contributed by atoms with Gasteiger partial charge in [0.25, 0.3) is 11.8 Å². The minimum atomic E-state index is -0.247. The Bertz CT molecular complexity index is 1130. The molecule has 0 aromatic heterocycles. The summed E-state index contributed by atoms with van der Waals surface area (Å²) in [4.78, 5) is 39.1. The highest BCUT2D eigenvalue weighted by atomic mass is 16.2. The zero-order valence-corrected chi connectivity index (χ0v) is 19.7. The molecule has 34 heavy (non-hydrogen) atoms. The van der Waals surface area contributed by atoms with Crippen molar-refractivity contribution in [2.24, 2.45) is 0 Å². The highest BCUT2D eigenvalue weighted by Crippen LogP contribution is 2.18. The molecule has 3 aromatic rings. The van der Waals surface area contributed by atoms with Crippen molar-refractivity contribution in [3.8, 4) is 0 Å². The summed E-state index contributed by atoms with van der Waals surface area (Å²) in [7, 11) is 0. The van der Waals surface area contributed by atoms with E-state index in [1.54, 1.807) is 53.4 Å². The van der Waals surface area contributed by atoms with E-state index in [0.717, 1.165) is 11.4 Å². The smallest absolute Gasteiger partial charge is 0.258 e. The molecule has 0 atom stereocenters. The van der Waals surface area contributed by atoms with Crippen LogP contribution in [-0.2, 0) is 4.79 Å². The van der Waals surface area contributed by atoms with Crippen molar-refractivity contribution in [2.45, 2.75) is 26.8 Å². The number of nitrogens with one attached hydrogen (secondary N) is 3. The lowest BCUT2D eigenvalue weighted by Gasteiger charge is -2.21. The minimum Gasteiger partial charge on any atom is -0.376 e. The molecular weight excluding hydrogens is 428 g/mol. The van der Waals surface area contributed by atoms with Gasteiger partial charge in [-0.15, -0.1) is 0 Å². The maximum atomic E-state index is 12.9. The second-order valence-corrected chi connectivity index (χ2v) is 8.07. The molecule has 0 unspecified atom stereocenters. The van der Waals surface area contributed by atoms with E-state index < -0.39 is 0 Å². The first kappa shape index (κ1) is 24.5. The van der Waals surface area contributed by atoms with Crippen molar-refractivity contribution in [1.82, 2.24) is 5.32 Å². The molecule has 0 spiro atoms. The Hall–Kier alpha value is -4.13. The number of hydrogen-bond donors (Lipinski definition) is 3. The lowest BCUT2D eigenvalue weighted by molar-refractivity contribution is -0.114. The lowest BCUT2D eigenvalue weighted by atomic mass is 10.1. The highest BCUT2D eigenvalue weighted by molar-refractivity contribution is 6.06. The van der Waals surface area contributed by atoms with Gasteiger partial charge in [-0.25, -0.2) is 0 Å². The molecule has 0 bridgehead atoms. The van der Waals surface area contributed by atoms with E-state index in [-0.39, 0.29) is 30.3 Å². The quantitative estimate of drug-likeness (QED) is 0.439. The van der Waals surface area contributed by atoms with Crippen molar-refractivity contribution in [3.05, 3.63) is 90.0 Å². The summed E-state index contributed by atoms with van der Waals surface area (Å²) >= 11 is 0. The van der Waals surface area contributed by atoms with Gasteiger partial charge in [-0.3, -0.25) is 14.4 Å². The molecule has 176 valence electrons. The molecule has 0 heterocycles. The van der Waals surface area contributed by atoms with Gasteiger partial charge in [0.15, 0.2) is 0 Å². The van der Waals surface area contributed by atoms with Gasteiger partial charge in [0.05, 0.1) is 6.54 Å². The third-order valence-electron chi connectivity index (χ3n) is 5.04. The number of nitrogens with zero attached hydrogens (tertiary/aromatic N) is 1. The van der Waals surface area contributed by atoms with Gasteiger partial charge < -0.3 is 20.9 Å². The van der Waals surface area contributed by atoms with Crippen LogP contribution < -0.4 is 20.9 Å². The molecule has 3 aromatic carbocycles. The zero-order chi connectivity index (χ0) is 24.5. The number of hydrogen-bond acceptors (Lipinski definition) is 4. The standard InChI is InChI=1S/C27H30N4O3/c1-4-31(24-11-6-5-7-12-24)27(34)20-13-15-22(16-14-20)28-18-25(32)30-23-10-8-9-21(17-23)26(33)29-19(2)3/h5-17,19,28H,4,18H2,1-3H3,(H,29,33)(H,30,32). The monoisotopic (exact) mass is 458 g/mol. The van der Waals surface area contributed by atoms with Crippen molar-refractivity contribution in [1.29, 1.82) is 0 Å². The van der Waals surface area contributed by atoms with E-state index in [1.807, 2.05) is 51.1 Å². The minimum absolute atomic E-state index is 0.0278. The van der Waals surface area contributed by atoms with Crippen LogP contribution in [0, 0.1) is 0 Å². The van der Waals surface area contributed by atoms with E-state index in [4.69, 9.17) is 0 Å². The van der Waals surface area contributed by atoms with Crippen LogP contribution in [0.1, 0.15) is 41.5 Å². The predicted molar refractivity (Wildman–Crippen MR) is 136 cm³/mol. The summed E-state index contributed by atoms with van der Waals surface area (Å²) in [6.45, 7) is 6.32. The predicted octanol–water partition coefficient (Wildman–Crippen LogP) is 4.54. The number of benzene rings is 3. The van der Waals surface area contributed by atoms with Crippen LogP contribution in [0.2, 0.25) is 0 Å². The fourth-order valence-electron chi connectivity index (χ4n) is 3.41. The molecule has 0 aliphatic rings. The first-order valence-corrected chi connectivity index (χ1v) is 11.3. The Morgan fingerprint density at radius 2 is 1.53 bits per heavy atom. The lowest BCUT2D eigenvalue weighted by Crippen LogP contribution is -2.30. The molecule has 3 N–H and O–H groups in total. The van der Waals surface area contributed by atoms with Crippen LogP contribution in [0.15, 0.2) is 78.9 Å². The highest BCUT2D eigenvalue weighted by Gasteiger charge is 2.16. The van der Waals surface area contributed by atoms with Crippen LogP contribution >= 0.6 is 0 Å². The average Bonchev–Trinajstić information content (AvgIpc) is 2.84. The van der Waals surface area contributed by atoms with Crippen LogP contribution in [-0.4, -0.2) is 36.9 Å². The number of amides is 3. The van der Waals surface area contributed by atoms with E-state index in [1.165, 1.54) is 0 Å². The second kappa shape index (κ2) is 11.7. The number of para-hydroxylation sites is 1. The summed E-state index contributed by atoms with van der Waals surface area (Å²) in [5.74, 6) is -0.519. The average molecular weight is 459 g/mol. The maximum absolute atomic E-state index is 12.9. The molecule has 3 amide bonds. The topological polar surface area (TPSA) is 90.5 Å². The first-order valence-electron chi connectivity index (χ1n) is 11.3. The summed E-state index contributed by atoms with van der Waals surface area (Å²) in [5.41, 5.74) is 3.16. The molecule has 3 rings (SSSR count). The molecule has 0 aliphatic carbocycles.